The van der Waals surface area contributed by atoms with E-state index in [1.54, 1.807) is 12.1 Å². The van der Waals surface area contributed by atoms with Gasteiger partial charge in [-0.2, -0.15) is 0 Å². The van der Waals surface area contributed by atoms with Crippen LogP contribution in [-0.2, 0) is 4.74 Å². The van der Waals surface area contributed by atoms with E-state index >= 15 is 0 Å². The van der Waals surface area contributed by atoms with Crippen LogP contribution >= 0.6 is 11.6 Å². The van der Waals surface area contributed by atoms with Gasteiger partial charge in [-0.15, -0.1) is 0 Å². The van der Waals surface area contributed by atoms with E-state index in [0.717, 1.165) is 18.7 Å². The molecular weight excluding hydrogens is 354 g/mol. The molecular formula is C19H22ClN3O3. The largest absolute Gasteiger partial charge is 0.376 e. The van der Waals surface area contributed by atoms with Crippen molar-refractivity contribution >= 4 is 28.7 Å². The summed E-state index contributed by atoms with van der Waals surface area (Å²) in [5.41, 5.74) is 1.66. The third kappa shape index (κ3) is 3.92. The first-order valence-electron chi connectivity index (χ1n) is 8.72. The van der Waals surface area contributed by atoms with Gasteiger partial charge in [-0.1, -0.05) is 36.7 Å². The highest BCUT2D eigenvalue weighted by molar-refractivity contribution is 6.31. The first kappa shape index (κ1) is 18.5. The second-order valence-electron chi connectivity index (χ2n) is 6.17. The summed E-state index contributed by atoms with van der Waals surface area (Å²) < 4.78 is 5.73. The number of ether oxygens (including phenoxy) is 1. The van der Waals surface area contributed by atoms with Crippen molar-refractivity contribution in [2.24, 2.45) is 0 Å². The van der Waals surface area contributed by atoms with Crippen LogP contribution in [0.3, 0.4) is 0 Å². The molecule has 1 aliphatic heterocycles. The molecule has 1 saturated heterocycles. The van der Waals surface area contributed by atoms with E-state index in [1.807, 2.05) is 23.1 Å². The summed E-state index contributed by atoms with van der Waals surface area (Å²) in [4.78, 5) is 15.5. The lowest BCUT2D eigenvalue weighted by atomic mass is 10.1. The molecule has 0 aromatic heterocycles. The van der Waals surface area contributed by atoms with Gasteiger partial charge in [-0.25, -0.2) is 0 Å². The third-order valence-corrected chi connectivity index (χ3v) is 4.69. The summed E-state index contributed by atoms with van der Waals surface area (Å²) in [5.74, 6) is 0. The Morgan fingerprint density at radius 2 is 2.08 bits per heavy atom. The second kappa shape index (κ2) is 8.38. The number of morpholine rings is 1. The molecule has 2 aromatic rings. The number of anilines is 2. The van der Waals surface area contributed by atoms with Gasteiger partial charge < -0.3 is 14.5 Å². The number of benzene rings is 2. The lowest BCUT2D eigenvalue weighted by molar-refractivity contribution is -0.384. The van der Waals surface area contributed by atoms with Crippen molar-refractivity contribution in [3.63, 3.8) is 0 Å². The summed E-state index contributed by atoms with van der Waals surface area (Å²) in [6.45, 7) is 4.50. The van der Waals surface area contributed by atoms with Crippen LogP contribution in [0.4, 0.5) is 17.1 Å². The van der Waals surface area contributed by atoms with Gasteiger partial charge in [0.1, 0.15) is 11.9 Å². The maximum atomic E-state index is 11.5. The number of rotatable bonds is 6. The van der Waals surface area contributed by atoms with Crippen molar-refractivity contribution in [2.75, 3.05) is 36.1 Å². The number of hydrogen-bond acceptors (Lipinski definition) is 5. The van der Waals surface area contributed by atoms with Crippen molar-refractivity contribution in [3.8, 4) is 0 Å². The normalized spacial score (nSPS) is 17.2. The Morgan fingerprint density at radius 1 is 1.31 bits per heavy atom. The lowest BCUT2D eigenvalue weighted by Crippen LogP contribution is -2.56. The van der Waals surface area contributed by atoms with Gasteiger partial charge in [-0.3, -0.25) is 10.1 Å². The fourth-order valence-corrected chi connectivity index (χ4v) is 3.49. The Hall–Kier alpha value is -2.31. The minimum Gasteiger partial charge on any atom is -0.376 e. The molecule has 1 unspecified atom stereocenters. The van der Waals surface area contributed by atoms with Gasteiger partial charge in [0.2, 0.25) is 0 Å². The molecule has 1 aliphatic rings. The molecule has 1 heterocycles. The summed E-state index contributed by atoms with van der Waals surface area (Å²) in [6.07, 6.45) is 0.819. The Morgan fingerprint density at radius 3 is 2.77 bits per heavy atom. The van der Waals surface area contributed by atoms with Crippen LogP contribution in [0.2, 0.25) is 5.02 Å². The van der Waals surface area contributed by atoms with Gasteiger partial charge in [0.05, 0.1) is 18.1 Å². The van der Waals surface area contributed by atoms with E-state index in [1.165, 1.54) is 6.07 Å². The molecule has 3 rings (SSSR count). The predicted molar refractivity (Wildman–Crippen MR) is 104 cm³/mol. The first-order valence-corrected chi connectivity index (χ1v) is 9.09. The van der Waals surface area contributed by atoms with Gasteiger partial charge in [-0.05, 0) is 30.7 Å². The van der Waals surface area contributed by atoms with Gasteiger partial charge >= 0.3 is 0 Å². The summed E-state index contributed by atoms with van der Waals surface area (Å²) >= 11 is 6.15. The van der Waals surface area contributed by atoms with Crippen molar-refractivity contribution in [3.05, 3.63) is 63.7 Å². The van der Waals surface area contributed by atoms with E-state index in [4.69, 9.17) is 16.3 Å². The SMILES string of the molecule is CCCN(c1ccccc1)C1COCCN1c1cc(Cl)ccc1[N+](=O)[O-]. The fourth-order valence-electron chi connectivity index (χ4n) is 3.32. The van der Waals surface area contributed by atoms with Crippen LogP contribution < -0.4 is 9.80 Å². The van der Waals surface area contributed by atoms with Crippen molar-refractivity contribution in [2.45, 2.75) is 19.5 Å². The highest BCUT2D eigenvalue weighted by Gasteiger charge is 2.32. The topological polar surface area (TPSA) is 58.8 Å². The van der Waals surface area contributed by atoms with Gasteiger partial charge in [0, 0.05) is 29.9 Å². The van der Waals surface area contributed by atoms with E-state index in [9.17, 15) is 10.1 Å². The minimum atomic E-state index is -0.356. The molecule has 1 atom stereocenters. The first-order chi connectivity index (χ1) is 12.6. The molecule has 0 saturated carbocycles. The average molecular weight is 376 g/mol. The standard InChI is InChI=1S/C19H22ClN3O3/c1-2-10-21(16-6-4-3-5-7-16)19-14-26-12-11-22(19)18-13-15(20)8-9-17(18)23(24)25/h3-9,13,19H,2,10-12,14H2,1H3. The van der Waals surface area contributed by atoms with Crippen LogP contribution in [-0.4, -0.2) is 37.4 Å². The van der Waals surface area contributed by atoms with Crippen LogP contribution in [0, 0.1) is 10.1 Å². The van der Waals surface area contributed by atoms with Gasteiger partial charge in [0.15, 0.2) is 0 Å². The third-order valence-electron chi connectivity index (χ3n) is 4.46. The molecule has 6 nitrogen and oxygen atoms in total. The number of nitrogens with zero attached hydrogens (tertiary/aromatic N) is 3. The predicted octanol–water partition coefficient (Wildman–Crippen LogP) is 4.33. The molecule has 138 valence electrons. The minimum absolute atomic E-state index is 0.0609. The number of halogens is 1. The maximum Gasteiger partial charge on any atom is 0.292 e. The quantitative estimate of drug-likeness (QED) is 0.555. The molecule has 0 spiro atoms. The van der Waals surface area contributed by atoms with Crippen LogP contribution in [0.5, 0.6) is 0 Å². The molecule has 7 heteroatoms. The van der Waals surface area contributed by atoms with E-state index in [-0.39, 0.29) is 16.8 Å². The number of nitro benzene ring substituents is 1. The number of para-hydroxylation sites is 1. The molecule has 1 fully saturated rings. The zero-order valence-electron chi connectivity index (χ0n) is 14.7. The zero-order chi connectivity index (χ0) is 18.5. The van der Waals surface area contributed by atoms with Crippen molar-refractivity contribution < 1.29 is 9.66 Å². The van der Waals surface area contributed by atoms with Crippen LogP contribution in [0.1, 0.15) is 13.3 Å². The van der Waals surface area contributed by atoms with Crippen LogP contribution in [0.15, 0.2) is 48.5 Å². The molecule has 0 radical (unpaired) electrons. The summed E-state index contributed by atoms with van der Waals surface area (Å²) in [6, 6.07) is 14.8. The highest BCUT2D eigenvalue weighted by atomic mass is 35.5. The monoisotopic (exact) mass is 375 g/mol. The molecule has 26 heavy (non-hydrogen) atoms. The number of hydrogen-bond donors (Lipinski definition) is 0. The average Bonchev–Trinajstić information content (AvgIpc) is 2.66. The van der Waals surface area contributed by atoms with E-state index in [2.05, 4.69) is 24.0 Å². The fraction of sp³-hybridized carbons (Fsp3) is 0.368. The van der Waals surface area contributed by atoms with Crippen LogP contribution in [0.25, 0.3) is 0 Å². The number of nitro groups is 1. The molecule has 0 aliphatic carbocycles. The molecule has 2 aromatic carbocycles. The second-order valence-corrected chi connectivity index (χ2v) is 6.60. The molecule has 0 bridgehead atoms. The van der Waals surface area contributed by atoms with Crippen molar-refractivity contribution in [1.29, 1.82) is 0 Å². The molecule has 0 N–H and O–H groups in total. The lowest BCUT2D eigenvalue weighted by Gasteiger charge is -2.44. The summed E-state index contributed by atoms with van der Waals surface area (Å²) in [7, 11) is 0. The Kier molecular flexibility index (Phi) is 5.96. The van der Waals surface area contributed by atoms with E-state index < -0.39 is 0 Å². The molecule has 0 amide bonds. The smallest absolute Gasteiger partial charge is 0.292 e. The highest BCUT2D eigenvalue weighted by Crippen LogP contribution is 2.35. The Labute approximate surface area is 158 Å². The van der Waals surface area contributed by atoms with E-state index in [0.29, 0.717) is 30.5 Å². The van der Waals surface area contributed by atoms with Gasteiger partial charge in [0.25, 0.3) is 5.69 Å². The maximum absolute atomic E-state index is 11.5. The summed E-state index contributed by atoms with van der Waals surface area (Å²) in [5, 5.41) is 12.0. The Balaban J connectivity index is 2.02. The Bertz CT molecular complexity index is 757. The van der Waals surface area contributed by atoms with Crippen molar-refractivity contribution in [1.82, 2.24) is 0 Å². The zero-order valence-corrected chi connectivity index (χ0v) is 15.4.